The zero-order chi connectivity index (χ0) is 13.0. The molecular weight excluding hydrogens is 222 g/mol. The van der Waals surface area contributed by atoms with Gasteiger partial charge in [-0.1, -0.05) is 38.1 Å². The van der Waals surface area contributed by atoms with Gasteiger partial charge in [0.15, 0.2) is 0 Å². The van der Waals surface area contributed by atoms with E-state index in [0.717, 1.165) is 17.5 Å². The van der Waals surface area contributed by atoms with Gasteiger partial charge < -0.3 is 5.73 Å². The lowest BCUT2D eigenvalue weighted by Gasteiger charge is -2.13. The highest BCUT2D eigenvalue weighted by Gasteiger charge is 2.10. The Morgan fingerprint density at radius 2 is 1.83 bits per heavy atom. The standard InChI is InChI=1S/C15H19N3/c1-11(2)6-12-4-3-5-13(7-12)15(16)14-8-17-10-18-9-14/h3-5,7-11,15H,6,16H2,1-2H3. The molecule has 0 saturated carbocycles. The summed E-state index contributed by atoms with van der Waals surface area (Å²) in [5.74, 6) is 0.650. The molecule has 0 bridgehead atoms. The van der Waals surface area contributed by atoms with Crippen molar-refractivity contribution in [2.45, 2.75) is 26.3 Å². The minimum absolute atomic E-state index is 0.154. The van der Waals surface area contributed by atoms with Gasteiger partial charge in [0.25, 0.3) is 0 Å². The zero-order valence-corrected chi connectivity index (χ0v) is 10.9. The summed E-state index contributed by atoms with van der Waals surface area (Å²) in [4.78, 5) is 8.02. The first kappa shape index (κ1) is 12.7. The third kappa shape index (κ3) is 3.14. The highest BCUT2D eigenvalue weighted by Crippen LogP contribution is 2.20. The van der Waals surface area contributed by atoms with Gasteiger partial charge >= 0.3 is 0 Å². The van der Waals surface area contributed by atoms with Crippen LogP contribution in [0.3, 0.4) is 0 Å². The predicted octanol–water partition coefficient (Wildman–Crippen LogP) is 2.72. The molecule has 1 unspecified atom stereocenters. The lowest BCUT2D eigenvalue weighted by atomic mass is 9.96. The van der Waals surface area contributed by atoms with Crippen molar-refractivity contribution >= 4 is 0 Å². The molecule has 18 heavy (non-hydrogen) atoms. The van der Waals surface area contributed by atoms with Crippen molar-refractivity contribution in [3.63, 3.8) is 0 Å². The first-order valence-corrected chi connectivity index (χ1v) is 6.26. The number of hydrogen-bond donors (Lipinski definition) is 1. The summed E-state index contributed by atoms with van der Waals surface area (Å²) >= 11 is 0. The summed E-state index contributed by atoms with van der Waals surface area (Å²) in [5.41, 5.74) is 9.62. The summed E-state index contributed by atoms with van der Waals surface area (Å²) in [6.07, 6.45) is 6.14. The van der Waals surface area contributed by atoms with Crippen LogP contribution in [0.15, 0.2) is 43.0 Å². The third-order valence-electron chi connectivity index (χ3n) is 2.89. The van der Waals surface area contributed by atoms with Gasteiger partial charge in [-0.15, -0.1) is 0 Å². The molecule has 0 radical (unpaired) electrons. The van der Waals surface area contributed by atoms with Gasteiger partial charge in [-0.05, 0) is 23.5 Å². The van der Waals surface area contributed by atoms with E-state index in [4.69, 9.17) is 5.73 Å². The molecule has 1 heterocycles. The van der Waals surface area contributed by atoms with E-state index < -0.39 is 0 Å². The summed E-state index contributed by atoms with van der Waals surface area (Å²) in [7, 11) is 0. The Morgan fingerprint density at radius 3 is 2.50 bits per heavy atom. The molecule has 1 aromatic carbocycles. The van der Waals surface area contributed by atoms with Crippen molar-refractivity contribution < 1.29 is 0 Å². The minimum Gasteiger partial charge on any atom is -0.320 e. The third-order valence-corrected chi connectivity index (χ3v) is 2.89. The molecule has 94 valence electrons. The van der Waals surface area contributed by atoms with Crippen LogP contribution in [0.5, 0.6) is 0 Å². The van der Waals surface area contributed by atoms with Gasteiger partial charge in [-0.25, -0.2) is 9.97 Å². The van der Waals surface area contributed by atoms with Crippen LogP contribution in [0, 0.1) is 5.92 Å². The van der Waals surface area contributed by atoms with Crippen LogP contribution in [0.1, 0.15) is 36.6 Å². The molecule has 0 fully saturated rings. The molecule has 1 aromatic heterocycles. The molecule has 2 N–H and O–H groups in total. The van der Waals surface area contributed by atoms with Gasteiger partial charge in [0, 0.05) is 18.0 Å². The molecule has 0 amide bonds. The second kappa shape index (κ2) is 5.74. The molecule has 0 aliphatic carbocycles. The van der Waals surface area contributed by atoms with E-state index in [1.807, 2.05) is 0 Å². The second-order valence-corrected chi connectivity index (χ2v) is 4.99. The summed E-state index contributed by atoms with van der Waals surface area (Å²) in [6.45, 7) is 4.44. The van der Waals surface area contributed by atoms with Crippen LogP contribution in [-0.4, -0.2) is 9.97 Å². The molecule has 1 atom stereocenters. The van der Waals surface area contributed by atoms with Crippen molar-refractivity contribution in [1.29, 1.82) is 0 Å². The first-order valence-electron chi connectivity index (χ1n) is 6.26. The molecular formula is C15H19N3. The lowest BCUT2D eigenvalue weighted by molar-refractivity contribution is 0.646. The number of rotatable bonds is 4. The van der Waals surface area contributed by atoms with E-state index in [1.165, 1.54) is 11.9 Å². The normalized spacial score (nSPS) is 12.7. The Morgan fingerprint density at radius 1 is 1.11 bits per heavy atom. The van der Waals surface area contributed by atoms with E-state index in [1.54, 1.807) is 12.4 Å². The van der Waals surface area contributed by atoms with Crippen molar-refractivity contribution in [2.24, 2.45) is 11.7 Å². The van der Waals surface area contributed by atoms with E-state index in [9.17, 15) is 0 Å². The Kier molecular flexibility index (Phi) is 4.05. The fourth-order valence-corrected chi connectivity index (χ4v) is 2.05. The highest BCUT2D eigenvalue weighted by molar-refractivity contribution is 5.32. The van der Waals surface area contributed by atoms with Gasteiger partial charge in [-0.3, -0.25) is 0 Å². The van der Waals surface area contributed by atoms with Gasteiger partial charge in [0.05, 0.1) is 6.04 Å². The van der Waals surface area contributed by atoms with Crippen molar-refractivity contribution in [2.75, 3.05) is 0 Å². The molecule has 0 aliphatic rings. The maximum absolute atomic E-state index is 6.24. The zero-order valence-electron chi connectivity index (χ0n) is 10.9. The van der Waals surface area contributed by atoms with Gasteiger partial charge in [-0.2, -0.15) is 0 Å². The van der Waals surface area contributed by atoms with Crippen LogP contribution >= 0.6 is 0 Å². The average Bonchev–Trinajstić information content (AvgIpc) is 2.38. The largest absolute Gasteiger partial charge is 0.320 e. The molecule has 2 rings (SSSR count). The van der Waals surface area contributed by atoms with Crippen molar-refractivity contribution in [3.8, 4) is 0 Å². The Hall–Kier alpha value is -1.74. The SMILES string of the molecule is CC(C)Cc1cccc(C(N)c2cncnc2)c1. The number of nitrogens with zero attached hydrogens (tertiary/aromatic N) is 2. The number of nitrogens with two attached hydrogens (primary N) is 1. The van der Waals surface area contributed by atoms with Crippen LogP contribution in [0.25, 0.3) is 0 Å². The van der Waals surface area contributed by atoms with E-state index >= 15 is 0 Å². The maximum atomic E-state index is 6.24. The first-order chi connectivity index (χ1) is 8.66. The maximum Gasteiger partial charge on any atom is 0.115 e. The van der Waals surface area contributed by atoms with Gasteiger partial charge in [0.1, 0.15) is 6.33 Å². The van der Waals surface area contributed by atoms with Crippen LogP contribution in [0.4, 0.5) is 0 Å². The lowest BCUT2D eigenvalue weighted by Crippen LogP contribution is -2.12. The molecule has 3 nitrogen and oxygen atoms in total. The Bertz CT molecular complexity index is 494. The Balaban J connectivity index is 2.23. The van der Waals surface area contributed by atoms with Crippen LogP contribution in [0.2, 0.25) is 0 Å². The average molecular weight is 241 g/mol. The predicted molar refractivity (Wildman–Crippen MR) is 73.0 cm³/mol. The van der Waals surface area contributed by atoms with Crippen LogP contribution in [-0.2, 0) is 6.42 Å². The second-order valence-electron chi connectivity index (χ2n) is 4.99. The fraction of sp³-hybridized carbons (Fsp3) is 0.333. The summed E-state index contributed by atoms with van der Waals surface area (Å²) < 4.78 is 0. The van der Waals surface area contributed by atoms with E-state index in [0.29, 0.717) is 5.92 Å². The van der Waals surface area contributed by atoms with Crippen molar-refractivity contribution in [1.82, 2.24) is 9.97 Å². The number of hydrogen-bond acceptors (Lipinski definition) is 3. The smallest absolute Gasteiger partial charge is 0.115 e. The summed E-state index contributed by atoms with van der Waals surface area (Å²) in [6, 6.07) is 8.30. The molecule has 0 saturated heterocycles. The van der Waals surface area contributed by atoms with Crippen LogP contribution < -0.4 is 5.73 Å². The topological polar surface area (TPSA) is 51.8 Å². The molecule has 0 aliphatic heterocycles. The Labute approximate surface area is 108 Å². The molecule has 0 spiro atoms. The highest BCUT2D eigenvalue weighted by atomic mass is 14.8. The number of benzene rings is 1. The monoisotopic (exact) mass is 241 g/mol. The molecule has 3 heteroatoms. The number of aromatic nitrogens is 2. The minimum atomic E-state index is -0.154. The van der Waals surface area contributed by atoms with E-state index in [2.05, 4.69) is 48.1 Å². The summed E-state index contributed by atoms with van der Waals surface area (Å²) in [5, 5.41) is 0. The van der Waals surface area contributed by atoms with Crippen molar-refractivity contribution in [3.05, 3.63) is 59.7 Å². The quantitative estimate of drug-likeness (QED) is 0.895. The molecule has 2 aromatic rings. The van der Waals surface area contributed by atoms with E-state index in [-0.39, 0.29) is 6.04 Å². The fourth-order valence-electron chi connectivity index (χ4n) is 2.05. The van der Waals surface area contributed by atoms with Gasteiger partial charge in [0.2, 0.25) is 0 Å².